The fraction of sp³-hybridized carbons (Fsp3) is 0.400. The van der Waals surface area contributed by atoms with Crippen molar-refractivity contribution in [1.82, 2.24) is 9.78 Å². The van der Waals surface area contributed by atoms with E-state index in [9.17, 15) is 0 Å². The first-order valence-corrected chi connectivity index (χ1v) is 2.72. The van der Waals surface area contributed by atoms with Gasteiger partial charge in [0.15, 0.2) is 0 Å². The molecule has 1 heterocycles. The zero-order valence-electron chi connectivity index (χ0n) is 5.50. The number of hydrogen-bond acceptors (Lipinski definition) is 2. The molecule has 0 aliphatic heterocycles. The molecular formula is C5H8BN2O. The van der Waals surface area contributed by atoms with Crippen molar-refractivity contribution in [3.63, 3.8) is 0 Å². The molecule has 3 nitrogen and oxygen atoms in total. The first kappa shape index (κ1) is 6.36. The summed E-state index contributed by atoms with van der Waals surface area (Å²) in [6.45, 7) is 1.88. The Morgan fingerprint density at radius 1 is 1.78 bits per heavy atom. The highest BCUT2D eigenvalue weighted by Crippen LogP contribution is 1.85. The van der Waals surface area contributed by atoms with Crippen LogP contribution in [-0.2, 0) is 7.05 Å². The van der Waals surface area contributed by atoms with E-state index >= 15 is 0 Å². The highest BCUT2D eigenvalue weighted by molar-refractivity contribution is 6.44. The maximum atomic E-state index is 8.55. The van der Waals surface area contributed by atoms with Crippen LogP contribution in [0.4, 0.5) is 0 Å². The molecule has 0 spiro atoms. The molecule has 0 fully saturated rings. The molecule has 1 aromatic heterocycles. The van der Waals surface area contributed by atoms with Crippen molar-refractivity contribution in [2.45, 2.75) is 6.92 Å². The van der Waals surface area contributed by atoms with E-state index in [2.05, 4.69) is 5.10 Å². The summed E-state index contributed by atoms with van der Waals surface area (Å²) in [5.74, 6) is 0. The zero-order chi connectivity index (χ0) is 6.85. The first-order valence-electron chi connectivity index (χ1n) is 2.72. The summed E-state index contributed by atoms with van der Waals surface area (Å²) in [6.07, 6.45) is 0. The third-order valence-corrected chi connectivity index (χ3v) is 1.17. The molecule has 0 atom stereocenters. The maximum Gasteiger partial charge on any atom is 0.347 e. The van der Waals surface area contributed by atoms with Crippen molar-refractivity contribution in [3.8, 4) is 0 Å². The van der Waals surface area contributed by atoms with Gasteiger partial charge in [0.1, 0.15) is 0 Å². The maximum absolute atomic E-state index is 8.55. The van der Waals surface area contributed by atoms with Crippen LogP contribution in [0.1, 0.15) is 5.69 Å². The number of aryl methyl sites for hydroxylation is 2. The van der Waals surface area contributed by atoms with Gasteiger partial charge in [-0.2, -0.15) is 5.10 Å². The van der Waals surface area contributed by atoms with Gasteiger partial charge in [-0.25, -0.2) is 0 Å². The van der Waals surface area contributed by atoms with E-state index in [1.807, 2.05) is 6.92 Å². The number of nitrogens with zero attached hydrogens (tertiary/aromatic N) is 2. The molecule has 1 rings (SSSR count). The summed E-state index contributed by atoms with van der Waals surface area (Å²) in [5, 5.41) is 12.6. The Morgan fingerprint density at radius 2 is 2.44 bits per heavy atom. The van der Waals surface area contributed by atoms with E-state index in [0.29, 0.717) is 0 Å². The highest BCUT2D eigenvalue weighted by Gasteiger charge is 1.99. The molecule has 0 unspecified atom stereocenters. The molecule has 47 valence electrons. The second kappa shape index (κ2) is 2.23. The van der Waals surface area contributed by atoms with Gasteiger partial charge in [-0.05, 0) is 13.0 Å². The standard InChI is InChI=1S/C5H8BN2O/c1-4-3-5(6-9)8(2)7-4/h3,9H,1-2H3. The SMILES string of the molecule is Cc1cc([B]O)n(C)n1. The number of rotatable bonds is 1. The molecule has 0 bridgehead atoms. The molecule has 1 radical (unpaired) electrons. The van der Waals surface area contributed by atoms with E-state index in [4.69, 9.17) is 5.02 Å². The number of aromatic nitrogens is 2. The Balaban J connectivity index is 3.01. The molecule has 0 aliphatic rings. The Labute approximate surface area is 54.6 Å². The lowest BCUT2D eigenvalue weighted by molar-refractivity contribution is 0.609. The predicted molar refractivity (Wildman–Crippen MR) is 35.6 cm³/mol. The fourth-order valence-electron chi connectivity index (χ4n) is 0.751. The molecular weight excluding hydrogens is 115 g/mol. The van der Waals surface area contributed by atoms with E-state index in [1.54, 1.807) is 17.8 Å². The van der Waals surface area contributed by atoms with Gasteiger partial charge in [0.2, 0.25) is 0 Å². The van der Waals surface area contributed by atoms with Crippen LogP contribution in [-0.4, -0.2) is 22.3 Å². The van der Waals surface area contributed by atoms with Crippen LogP contribution >= 0.6 is 0 Å². The first-order chi connectivity index (χ1) is 4.24. The Hall–Kier alpha value is -0.765. The van der Waals surface area contributed by atoms with Crippen LogP contribution in [0.3, 0.4) is 0 Å². The summed E-state index contributed by atoms with van der Waals surface area (Å²) >= 11 is 0. The second-order valence-corrected chi connectivity index (χ2v) is 1.96. The molecule has 0 aliphatic carbocycles. The normalized spacial score (nSPS) is 9.67. The topological polar surface area (TPSA) is 38.0 Å². The van der Waals surface area contributed by atoms with Crippen molar-refractivity contribution in [3.05, 3.63) is 11.8 Å². The van der Waals surface area contributed by atoms with E-state index < -0.39 is 0 Å². The van der Waals surface area contributed by atoms with Gasteiger partial charge in [0.05, 0.1) is 5.69 Å². The minimum Gasteiger partial charge on any atom is -0.449 e. The Bertz CT molecular complexity index is 209. The van der Waals surface area contributed by atoms with Crippen molar-refractivity contribution < 1.29 is 5.02 Å². The molecule has 4 heteroatoms. The van der Waals surface area contributed by atoms with Gasteiger partial charge in [0, 0.05) is 12.6 Å². The largest absolute Gasteiger partial charge is 0.449 e. The average molecular weight is 123 g/mol. The Kier molecular flexibility index (Phi) is 1.57. The number of hydrogen-bond donors (Lipinski definition) is 1. The Morgan fingerprint density at radius 3 is 2.67 bits per heavy atom. The van der Waals surface area contributed by atoms with Gasteiger partial charge in [-0.15, -0.1) is 0 Å². The third kappa shape index (κ3) is 1.13. The minimum absolute atomic E-state index is 0.729. The summed E-state index contributed by atoms with van der Waals surface area (Å²) in [7, 11) is 2.83. The van der Waals surface area contributed by atoms with Crippen LogP contribution in [0.2, 0.25) is 0 Å². The smallest absolute Gasteiger partial charge is 0.347 e. The van der Waals surface area contributed by atoms with Crippen LogP contribution in [0, 0.1) is 6.92 Å². The fourth-order valence-corrected chi connectivity index (χ4v) is 0.751. The molecule has 1 N–H and O–H groups in total. The monoisotopic (exact) mass is 123 g/mol. The van der Waals surface area contributed by atoms with E-state index in [1.165, 1.54) is 0 Å². The van der Waals surface area contributed by atoms with Crippen molar-refractivity contribution in [2.24, 2.45) is 7.05 Å². The zero-order valence-corrected chi connectivity index (χ0v) is 5.50. The average Bonchev–Trinajstić information content (AvgIpc) is 2.10. The minimum atomic E-state index is 0.729. The van der Waals surface area contributed by atoms with Gasteiger partial charge >= 0.3 is 7.48 Å². The quantitative estimate of drug-likeness (QED) is 0.484. The van der Waals surface area contributed by atoms with Crippen LogP contribution in [0.15, 0.2) is 6.07 Å². The molecule has 0 aromatic carbocycles. The lowest BCUT2D eigenvalue weighted by Gasteiger charge is -1.90. The third-order valence-electron chi connectivity index (χ3n) is 1.17. The summed E-state index contributed by atoms with van der Waals surface area (Å²) in [6, 6.07) is 1.81. The summed E-state index contributed by atoms with van der Waals surface area (Å²) < 4.78 is 1.62. The lowest BCUT2D eigenvalue weighted by atomic mass is 9.96. The van der Waals surface area contributed by atoms with Gasteiger partial charge < -0.3 is 5.02 Å². The highest BCUT2D eigenvalue weighted by atomic mass is 16.2. The summed E-state index contributed by atoms with van der Waals surface area (Å²) in [5.41, 5.74) is 1.64. The predicted octanol–water partition coefficient (Wildman–Crippen LogP) is -1.03. The van der Waals surface area contributed by atoms with Crippen LogP contribution in [0.25, 0.3) is 0 Å². The van der Waals surface area contributed by atoms with Crippen LogP contribution < -0.4 is 5.59 Å². The van der Waals surface area contributed by atoms with Crippen molar-refractivity contribution in [2.75, 3.05) is 0 Å². The van der Waals surface area contributed by atoms with Gasteiger partial charge in [-0.3, -0.25) is 4.68 Å². The summed E-state index contributed by atoms with van der Waals surface area (Å²) in [4.78, 5) is 0. The van der Waals surface area contributed by atoms with Crippen LogP contribution in [0.5, 0.6) is 0 Å². The molecule has 0 saturated carbocycles. The van der Waals surface area contributed by atoms with Gasteiger partial charge in [0.25, 0.3) is 0 Å². The van der Waals surface area contributed by atoms with E-state index in [0.717, 1.165) is 18.8 Å². The molecule has 9 heavy (non-hydrogen) atoms. The molecule has 1 aromatic rings. The van der Waals surface area contributed by atoms with E-state index in [-0.39, 0.29) is 0 Å². The second-order valence-electron chi connectivity index (χ2n) is 1.96. The van der Waals surface area contributed by atoms with Crippen molar-refractivity contribution >= 4 is 13.1 Å². The molecule has 0 amide bonds. The lowest BCUT2D eigenvalue weighted by Crippen LogP contribution is -2.21. The molecule has 0 saturated heterocycles. The van der Waals surface area contributed by atoms with Gasteiger partial charge in [-0.1, -0.05) is 0 Å². The van der Waals surface area contributed by atoms with Crippen molar-refractivity contribution in [1.29, 1.82) is 0 Å².